The van der Waals surface area contributed by atoms with Gasteiger partial charge in [-0.15, -0.1) is 0 Å². The van der Waals surface area contributed by atoms with Crippen molar-refractivity contribution in [3.63, 3.8) is 0 Å². The van der Waals surface area contributed by atoms with Crippen molar-refractivity contribution in [1.82, 2.24) is 4.90 Å². The lowest BCUT2D eigenvalue weighted by molar-refractivity contribution is 0.284. The largest absolute Gasteiger partial charge is 0.493 e. The van der Waals surface area contributed by atoms with Crippen LogP contribution in [0.15, 0.2) is 71.7 Å². The average Bonchev–Trinajstić information content (AvgIpc) is 2.84. The van der Waals surface area contributed by atoms with Crippen molar-refractivity contribution in [2.24, 2.45) is 4.99 Å². The smallest absolute Gasteiger partial charge is 0.160 e. The summed E-state index contributed by atoms with van der Waals surface area (Å²) in [6.07, 6.45) is 0.914. The summed E-state index contributed by atoms with van der Waals surface area (Å²) in [6.45, 7) is 6.69. The van der Waals surface area contributed by atoms with Crippen molar-refractivity contribution >= 4 is 11.5 Å². The first-order valence-electron chi connectivity index (χ1n) is 11.0. The number of ether oxygens (including phenoxy) is 2. The number of hydrogen-bond acceptors (Lipinski definition) is 5. The number of aryl methyl sites for hydroxylation is 2. The molecular weight excluding hydrogens is 398 g/mol. The lowest BCUT2D eigenvalue weighted by Gasteiger charge is -2.37. The van der Waals surface area contributed by atoms with Gasteiger partial charge in [-0.1, -0.05) is 48.5 Å². The van der Waals surface area contributed by atoms with Crippen molar-refractivity contribution in [1.29, 1.82) is 0 Å². The van der Waals surface area contributed by atoms with Crippen molar-refractivity contribution in [3.8, 4) is 11.5 Å². The Morgan fingerprint density at radius 3 is 2.41 bits per heavy atom. The Labute approximate surface area is 190 Å². The highest BCUT2D eigenvalue weighted by atomic mass is 16.5. The van der Waals surface area contributed by atoms with Crippen molar-refractivity contribution in [3.05, 3.63) is 89.0 Å². The van der Waals surface area contributed by atoms with Crippen LogP contribution >= 0.6 is 0 Å². The Hall–Kier alpha value is -3.31. The van der Waals surface area contributed by atoms with Crippen LogP contribution in [0.3, 0.4) is 0 Å². The van der Waals surface area contributed by atoms with Crippen LogP contribution < -0.4 is 14.4 Å². The number of methoxy groups -OCH3 is 2. The summed E-state index contributed by atoms with van der Waals surface area (Å²) in [5.74, 6) is 2.55. The summed E-state index contributed by atoms with van der Waals surface area (Å²) in [5.41, 5.74) is 6.08. The molecule has 0 atom stereocenters. The van der Waals surface area contributed by atoms with Crippen LogP contribution in [0.5, 0.6) is 11.5 Å². The number of hydrogen-bond donors (Lipinski definition) is 0. The zero-order valence-corrected chi connectivity index (χ0v) is 19.3. The summed E-state index contributed by atoms with van der Waals surface area (Å²) < 4.78 is 10.8. The molecule has 0 aromatic heterocycles. The van der Waals surface area contributed by atoms with E-state index in [4.69, 9.17) is 14.5 Å². The van der Waals surface area contributed by atoms with Gasteiger partial charge in [0.2, 0.25) is 0 Å². The van der Waals surface area contributed by atoms with Crippen LogP contribution in [0.2, 0.25) is 0 Å². The van der Waals surface area contributed by atoms with E-state index in [1.807, 2.05) is 12.1 Å². The van der Waals surface area contributed by atoms with Crippen molar-refractivity contribution < 1.29 is 9.47 Å². The fourth-order valence-corrected chi connectivity index (χ4v) is 4.06. The molecule has 0 bridgehead atoms. The highest BCUT2D eigenvalue weighted by molar-refractivity contribution is 6.10. The molecule has 5 nitrogen and oxygen atoms in total. The summed E-state index contributed by atoms with van der Waals surface area (Å²) in [5, 5.41) is 0. The number of benzene rings is 3. The minimum absolute atomic E-state index is 0.679. The molecule has 0 saturated heterocycles. The maximum absolute atomic E-state index is 5.46. The second kappa shape index (κ2) is 9.88. The van der Waals surface area contributed by atoms with E-state index in [9.17, 15) is 0 Å². The Bertz CT molecular complexity index is 1100. The Balaban J connectivity index is 1.57. The van der Waals surface area contributed by atoms with Crippen LogP contribution in [0.1, 0.15) is 22.3 Å². The van der Waals surface area contributed by atoms with Gasteiger partial charge < -0.3 is 14.4 Å². The standard InChI is InChI=1S/C27H31N3O2/c1-20-10-11-21(2)24(16-20)30-19-29(18-28-27(30)23-8-6-5-7-9-23)15-14-22-12-13-25(31-3)26(17-22)32-4/h5-13,16-17H,14-15,18-19H2,1-4H3. The van der Waals surface area contributed by atoms with E-state index >= 15 is 0 Å². The van der Waals surface area contributed by atoms with Crippen LogP contribution in [0.4, 0.5) is 5.69 Å². The number of anilines is 1. The van der Waals surface area contributed by atoms with E-state index < -0.39 is 0 Å². The summed E-state index contributed by atoms with van der Waals surface area (Å²) in [6, 6.07) is 23.2. The molecule has 1 heterocycles. The molecule has 32 heavy (non-hydrogen) atoms. The SMILES string of the molecule is COc1ccc(CCN2CN=C(c3ccccc3)N(c3cc(C)ccc3C)C2)cc1OC. The number of nitrogens with zero attached hydrogens (tertiary/aromatic N) is 3. The molecule has 0 amide bonds. The summed E-state index contributed by atoms with van der Waals surface area (Å²) >= 11 is 0. The number of amidine groups is 1. The number of aliphatic imine (C=N–C) groups is 1. The predicted octanol–water partition coefficient (Wildman–Crippen LogP) is 5.05. The zero-order chi connectivity index (χ0) is 22.5. The second-order valence-electron chi connectivity index (χ2n) is 8.18. The van der Waals surface area contributed by atoms with Crippen LogP contribution in [0.25, 0.3) is 0 Å². The van der Waals surface area contributed by atoms with Gasteiger partial charge in [-0.25, -0.2) is 0 Å². The van der Waals surface area contributed by atoms with Crippen LogP contribution in [-0.2, 0) is 6.42 Å². The molecule has 1 aliphatic heterocycles. The van der Waals surface area contributed by atoms with Crippen LogP contribution in [0, 0.1) is 13.8 Å². The minimum Gasteiger partial charge on any atom is -0.493 e. The Morgan fingerprint density at radius 1 is 0.875 bits per heavy atom. The van der Waals surface area contributed by atoms with Gasteiger partial charge in [0.05, 0.1) is 27.6 Å². The normalized spacial score (nSPS) is 14.2. The fraction of sp³-hybridized carbons (Fsp3) is 0.296. The molecule has 0 fully saturated rings. The maximum atomic E-state index is 5.46. The van der Waals surface area contributed by atoms with Crippen molar-refractivity contribution in [2.45, 2.75) is 20.3 Å². The van der Waals surface area contributed by atoms with Gasteiger partial charge in [-0.05, 0) is 55.2 Å². The van der Waals surface area contributed by atoms with E-state index in [1.165, 1.54) is 22.4 Å². The molecular formula is C27H31N3O2. The van der Waals surface area contributed by atoms with E-state index in [-0.39, 0.29) is 0 Å². The molecule has 0 spiro atoms. The zero-order valence-electron chi connectivity index (χ0n) is 19.3. The van der Waals surface area contributed by atoms with Gasteiger partial charge in [-0.3, -0.25) is 9.89 Å². The molecule has 4 rings (SSSR count). The third-order valence-corrected chi connectivity index (χ3v) is 5.87. The predicted molar refractivity (Wildman–Crippen MR) is 131 cm³/mol. The Morgan fingerprint density at radius 2 is 1.66 bits per heavy atom. The molecule has 166 valence electrons. The number of rotatable bonds is 7. The fourth-order valence-electron chi connectivity index (χ4n) is 4.06. The lowest BCUT2D eigenvalue weighted by atomic mass is 10.1. The third-order valence-electron chi connectivity index (χ3n) is 5.87. The molecule has 0 saturated carbocycles. The van der Waals surface area contributed by atoms with Gasteiger partial charge in [-0.2, -0.15) is 0 Å². The van der Waals surface area contributed by atoms with E-state index in [0.29, 0.717) is 6.67 Å². The monoisotopic (exact) mass is 429 g/mol. The van der Waals surface area contributed by atoms with E-state index in [2.05, 4.69) is 78.2 Å². The van der Waals surface area contributed by atoms with Gasteiger partial charge >= 0.3 is 0 Å². The topological polar surface area (TPSA) is 37.3 Å². The molecule has 0 radical (unpaired) electrons. The molecule has 0 unspecified atom stereocenters. The van der Waals surface area contributed by atoms with Gasteiger partial charge in [0.25, 0.3) is 0 Å². The Kier molecular flexibility index (Phi) is 6.76. The molecule has 0 N–H and O–H groups in total. The van der Waals surface area contributed by atoms with Gasteiger partial charge in [0.15, 0.2) is 11.5 Å². The van der Waals surface area contributed by atoms with Gasteiger partial charge in [0.1, 0.15) is 5.84 Å². The lowest BCUT2D eigenvalue weighted by Crippen LogP contribution is -2.47. The molecule has 1 aliphatic rings. The highest BCUT2D eigenvalue weighted by Gasteiger charge is 2.24. The van der Waals surface area contributed by atoms with E-state index in [0.717, 1.165) is 42.5 Å². The average molecular weight is 430 g/mol. The first-order valence-corrected chi connectivity index (χ1v) is 11.0. The first-order chi connectivity index (χ1) is 15.6. The van der Waals surface area contributed by atoms with Gasteiger partial charge in [0, 0.05) is 17.8 Å². The molecule has 3 aromatic carbocycles. The third kappa shape index (κ3) is 4.78. The second-order valence-corrected chi connectivity index (χ2v) is 8.18. The summed E-state index contributed by atoms with van der Waals surface area (Å²) in [4.78, 5) is 9.73. The molecule has 0 aliphatic carbocycles. The molecule has 5 heteroatoms. The van der Waals surface area contributed by atoms with Crippen molar-refractivity contribution in [2.75, 3.05) is 39.0 Å². The first kappa shape index (κ1) is 21.9. The minimum atomic E-state index is 0.679. The summed E-state index contributed by atoms with van der Waals surface area (Å²) in [7, 11) is 3.34. The van der Waals surface area contributed by atoms with Crippen LogP contribution in [-0.4, -0.2) is 44.8 Å². The quantitative estimate of drug-likeness (QED) is 0.527. The maximum Gasteiger partial charge on any atom is 0.160 e. The van der Waals surface area contributed by atoms with E-state index in [1.54, 1.807) is 14.2 Å². The highest BCUT2D eigenvalue weighted by Crippen LogP contribution is 2.29. The molecule has 3 aromatic rings.